The van der Waals surface area contributed by atoms with Crippen LogP contribution in [0.1, 0.15) is 18.2 Å². The van der Waals surface area contributed by atoms with Crippen LogP contribution in [0.15, 0.2) is 52.9 Å². The molecule has 1 saturated heterocycles. The second-order valence-corrected chi connectivity index (χ2v) is 9.26. The van der Waals surface area contributed by atoms with E-state index in [-0.39, 0.29) is 17.0 Å². The lowest BCUT2D eigenvalue weighted by molar-refractivity contribution is -0.136. The molecule has 0 aromatic carbocycles. The number of hydrogen-bond donors (Lipinski definition) is 0. The molecule has 0 saturated carbocycles. The van der Waals surface area contributed by atoms with Gasteiger partial charge in [0, 0.05) is 54.1 Å². The van der Waals surface area contributed by atoms with Crippen molar-refractivity contribution in [3.63, 3.8) is 0 Å². The van der Waals surface area contributed by atoms with E-state index in [4.69, 9.17) is 4.74 Å². The Kier molecular flexibility index (Phi) is 6.23. The molecule has 178 valence electrons. The third kappa shape index (κ3) is 4.50. The molecule has 4 aromatic heterocycles. The number of pyridine rings is 2. The smallest absolute Gasteiger partial charge is 0.219 e. The summed E-state index contributed by atoms with van der Waals surface area (Å²) in [5.41, 5.74) is 3.61. The third-order valence-corrected chi connectivity index (χ3v) is 7.03. The first-order valence-electron chi connectivity index (χ1n) is 11.0. The number of rotatable bonds is 5. The van der Waals surface area contributed by atoms with Crippen LogP contribution in [0.2, 0.25) is 0 Å². The fraction of sp³-hybridized carbons (Fsp3) is 0.292. The molecule has 11 heteroatoms. The minimum atomic E-state index is -0.435. The van der Waals surface area contributed by atoms with E-state index in [9.17, 15) is 14.4 Å². The first-order chi connectivity index (χ1) is 16.9. The van der Waals surface area contributed by atoms with Gasteiger partial charge < -0.3 is 9.64 Å². The lowest BCUT2D eigenvalue weighted by Gasteiger charge is -2.32. The van der Waals surface area contributed by atoms with Crippen molar-refractivity contribution in [1.29, 1.82) is 5.26 Å². The number of halogens is 1. The first-order valence-corrected chi connectivity index (χ1v) is 11.9. The number of amides is 1. The molecular weight excluding hydrogens is 469 g/mol. The fourth-order valence-electron chi connectivity index (χ4n) is 4.16. The Labute approximate surface area is 205 Å². The van der Waals surface area contributed by atoms with Crippen molar-refractivity contribution in [2.24, 2.45) is 0 Å². The van der Waals surface area contributed by atoms with Gasteiger partial charge in [-0.25, -0.2) is 13.9 Å². The first kappa shape index (κ1) is 23.0. The van der Waals surface area contributed by atoms with E-state index in [0.29, 0.717) is 42.2 Å². The van der Waals surface area contributed by atoms with Crippen molar-refractivity contribution in [2.45, 2.75) is 36.4 Å². The third-order valence-electron chi connectivity index (χ3n) is 6.00. The van der Waals surface area contributed by atoms with Crippen LogP contribution in [0.3, 0.4) is 0 Å². The van der Waals surface area contributed by atoms with E-state index < -0.39 is 5.82 Å². The molecule has 1 amide bonds. The number of carbonyl (C=O) groups is 1. The summed E-state index contributed by atoms with van der Waals surface area (Å²) in [5.74, 6) is -0.398. The van der Waals surface area contributed by atoms with Gasteiger partial charge in [-0.1, -0.05) is 11.8 Å². The Morgan fingerprint density at radius 3 is 3.00 bits per heavy atom. The number of hydrogen-bond acceptors (Lipinski definition) is 7. The summed E-state index contributed by atoms with van der Waals surface area (Å²) >= 11 is 1.15. The van der Waals surface area contributed by atoms with Crippen molar-refractivity contribution < 1.29 is 13.9 Å². The van der Waals surface area contributed by atoms with E-state index in [1.807, 2.05) is 23.9 Å². The summed E-state index contributed by atoms with van der Waals surface area (Å²) in [6, 6.07) is 6.95. The lowest BCUT2D eigenvalue weighted by atomic mass is 10.1. The molecule has 5 rings (SSSR count). The van der Waals surface area contributed by atoms with Crippen LogP contribution in [-0.4, -0.2) is 61.0 Å². The summed E-state index contributed by atoms with van der Waals surface area (Å²) in [7, 11) is 0. The molecule has 1 fully saturated rings. The topological polar surface area (TPSA) is 101 Å². The van der Waals surface area contributed by atoms with Crippen molar-refractivity contribution >= 4 is 23.2 Å². The monoisotopic (exact) mass is 491 g/mol. The summed E-state index contributed by atoms with van der Waals surface area (Å²) in [4.78, 5) is 18.3. The minimum absolute atomic E-state index is 0.0369. The van der Waals surface area contributed by atoms with Crippen molar-refractivity contribution in [3.05, 3.63) is 60.1 Å². The van der Waals surface area contributed by atoms with Gasteiger partial charge in [-0.3, -0.25) is 9.48 Å². The molecular formula is C24H22FN7O2S. The molecule has 1 aliphatic heterocycles. The Balaban J connectivity index is 1.50. The number of morpholine rings is 1. The van der Waals surface area contributed by atoms with Crippen LogP contribution < -0.4 is 0 Å². The zero-order valence-electron chi connectivity index (χ0n) is 19.2. The highest BCUT2D eigenvalue weighted by Crippen LogP contribution is 2.36. The zero-order chi connectivity index (χ0) is 24.5. The fourth-order valence-corrected chi connectivity index (χ4v) is 5.14. The summed E-state index contributed by atoms with van der Waals surface area (Å²) in [6.07, 6.45) is 6.48. The van der Waals surface area contributed by atoms with Crippen molar-refractivity contribution in [1.82, 2.24) is 29.3 Å². The average molecular weight is 492 g/mol. The molecule has 4 aromatic rings. The molecule has 5 heterocycles. The largest absolute Gasteiger partial charge is 0.373 e. The number of fused-ring (bicyclic) bond motifs is 1. The predicted octanol–water partition coefficient (Wildman–Crippen LogP) is 3.31. The highest BCUT2D eigenvalue weighted by molar-refractivity contribution is 7.99. The Morgan fingerprint density at radius 2 is 2.23 bits per heavy atom. The number of nitrogens with zero attached hydrogens (tertiary/aromatic N) is 7. The van der Waals surface area contributed by atoms with Gasteiger partial charge in [0.25, 0.3) is 0 Å². The maximum atomic E-state index is 14.4. The van der Waals surface area contributed by atoms with Gasteiger partial charge in [0.15, 0.2) is 5.82 Å². The molecule has 0 aliphatic carbocycles. The van der Waals surface area contributed by atoms with Gasteiger partial charge in [0.05, 0.1) is 42.7 Å². The molecule has 0 spiro atoms. The molecule has 0 bridgehead atoms. The zero-order valence-corrected chi connectivity index (χ0v) is 20.0. The molecule has 0 radical (unpaired) electrons. The van der Waals surface area contributed by atoms with E-state index >= 15 is 0 Å². The molecule has 0 N–H and O–H groups in total. The molecule has 35 heavy (non-hydrogen) atoms. The van der Waals surface area contributed by atoms with Crippen LogP contribution in [0.4, 0.5) is 4.39 Å². The molecule has 1 atom stereocenters. The van der Waals surface area contributed by atoms with Crippen LogP contribution in [0, 0.1) is 24.1 Å². The van der Waals surface area contributed by atoms with Crippen molar-refractivity contribution in [2.75, 3.05) is 19.7 Å². The second-order valence-electron chi connectivity index (χ2n) is 8.23. The standard InChI is InChI=1S/C24H22FN7O2S/c1-15-20(11-29-31(15)14-19-13-30(16(2)33)6-7-34-19)17-8-22(35-24-21(25)4-3-5-27-24)23-18(9-26)10-28-32(23)12-17/h3-5,8,10-12,19H,6-7,13-14H2,1-2H3/t19-/m0/s1. The summed E-state index contributed by atoms with van der Waals surface area (Å²) in [5, 5.41) is 18.7. The highest BCUT2D eigenvalue weighted by Gasteiger charge is 2.24. The van der Waals surface area contributed by atoms with Crippen LogP contribution >= 0.6 is 11.8 Å². The van der Waals surface area contributed by atoms with E-state index in [2.05, 4.69) is 21.3 Å². The number of carbonyl (C=O) groups excluding carboxylic acids is 1. The van der Waals surface area contributed by atoms with Crippen LogP contribution in [-0.2, 0) is 16.1 Å². The van der Waals surface area contributed by atoms with Crippen LogP contribution in [0.25, 0.3) is 16.6 Å². The molecule has 9 nitrogen and oxygen atoms in total. The quantitative estimate of drug-likeness (QED) is 0.422. The second kappa shape index (κ2) is 9.48. The Morgan fingerprint density at radius 1 is 1.37 bits per heavy atom. The number of nitriles is 1. The predicted molar refractivity (Wildman–Crippen MR) is 126 cm³/mol. The summed E-state index contributed by atoms with van der Waals surface area (Å²) < 4.78 is 23.7. The van der Waals surface area contributed by atoms with Gasteiger partial charge in [-0.05, 0) is 25.1 Å². The van der Waals surface area contributed by atoms with Gasteiger partial charge in [0.1, 0.15) is 11.1 Å². The number of aromatic nitrogens is 5. The Hall–Kier alpha value is -3.75. The molecule has 1 aliphatic rings. The van der Waals surface area contributed by atoms with E-state index in [1.54, 1.807) is 22.5 Å². The number of ether oxygens (including phenoxy) is 1. The van der Waals surface area contributed by atoms with E-state index in [0.717, 1.165) is 28.6 Å². The van der Waals surface area contributed by atoms with Crippen molar-refractivity contribution in [3.8, 4) is 17.2 Å². The molecule has 0 unspecified atom stereocenters. The average Bonchev–Trinajstić information content (AvgIpc) is 3.44. The summed E-state index contributed by atoms with van der Waals surface area (Å²) in [6.45, 7) is 5.66. The highest BCUT2D eigenvalue weighted by atomic mass is 32.2. The van der Waals surface area contributed by atoms with Gasteiger partial charge >= 0.3 is 0 Å². The maximum absolute atomic E-state index is 14.4. The van der Waals surface area contributed by atoms with E-state index in [1.165, 1.54) is 24.5 Å². The lowest BCUT2D eigenvalue weighted by Crippen LogP contribution is -2.46. The van der Waals surface area contributed by atoms with Gasteiger partial charge in [-0.2, -0.15) is 15.5 Å². The van der Waals surface area contributed by atoms with Crippen LogP contribution in [0.5, 0.6) is 0 Å². The normalized spacial score (nSPS) is 15.9. The maximum Gasteiger partial charge on any atom is 0.219 e. The van der Waals surface area contributed by atoms with Gasteiger partial charge in [-0.15, -0.1) is 0 Å². The minimum Gasteiger partial charge on any atom is -0.373 e. The SMILES string of the molecule is CC(=O)N1CCO[C@H](Cn2ncc(-c3cc(Sc4ncccc4F)c4c(C#N)cnn4c3)c2C)C1. The Bertz CT molecular complexity index is 1460. The van der Waals surface area contributed by atoms with Gasteiger partial charge in [0.2, 0.25) is 5.91 Å².